The molecule has 0 heterocycles. The van der Waals surface area contributed by atoms with Crippen LogP contribution in [0.25, 0.3) is 0 Å². The molecule has 0 rings (SSSR count). The van der Waals surface area contributed by atoms with Crippen LogP contribution in [0.4, 0.5) is 17.6 Å². The number of hydrogen-bond donors (Lipinski definition) is 1. The Morgan fingerprint density at radius 1 is 1.42 bits per heavy atom. The summed E-state index contributed by atoms with van der Waals surface area (Å²) in [6, 6.07) is 0. The number of alkyl halides is 4. The van der Waals surface area contributed by atoms with Crippen molar-refractivity contribution in [2.45, 2.75) is 12.3 Å². The third-order valence-electron chi connectivity index (χ3n) is 1.03. The Morgan fingerprint density at radius 2 is 2.00 bits per heavy atom. The maximum absolute atomic E-state index is 12.1. The van der Waals surface area contributed by atoms with Gasteiger partial charge in [-0.15, -0.1) is 0 Å². The van der Waals surface area contributed by atoms with Gasteiger partial charge in [0.1, 0.15) is 0 Å². The van der Waals surface area contributed by atoms with Gasteiger partial charge >= 0.3 is 12.3 Å². The van der Waals surface area contributed by atoms with E-state index in [1.807, 2.05) is 0 Å². The lowest BCUT2D eigenvalue weighted by Crippen LogP contribution is -2.38. The van der Waals surface area contributed by atoms with Crippen molar-refractivity contribution in [3.8, 4) is 0 Å². The molecule has 0 saturated carbocycles. The van der Waals surface area contributed by atoms with E-state index >= 15 is 0 Å². The average molecular weight is 206 g/mol. The molecule has 0 atom stereocenters. The zero-order chi connectivity index (χ0) is 9.61. The molecule has 1 nitrogen and oxygen atoms in total. The fourth-order valence-corrected chi connectivity index (χ4v) is 0.533. The predicted octanol–water partition coefficient (Wildman–Crippen LogP) is 2.23. The van der Waals surface area contributed by atoms with Crippen molar-refractivity contribution in [2.24, 2.45) is 0 Å². The quantitative estimate of drug-likeness (QED) is 0.536. The molecule has 0 amide bonds. The molecule has 0 aromatic carbocycles. The van der Waals surface area contributed by atoms with Gasteiger partial charge in [0, 0.05) is 12.1 Å². The predicted molar refractivity (Wildman–Crippen MR) is 38.8 cm³/mol. The van der Waals surface area contributed by atoms with Gasteiger partial charge in [0.05, 0.1) is 6.54 Å². The molecule has 0 aromatic rings. The summed E-state index contributed by atoms with van der Waals surface area (Å²) < 4.78 is 47.2. The smallest absolute Gasteiger partial charge is 0.307 e. The summed E-state index contributed by atoms with van der Waals surface area (Å²) in [5.41, 5.74) is 1.12. The summed E-state index contributed by atoms with van der Waals surface area (Å²) in [7, 11) is 0. The van der Waals surface area contributed by atoms with Crippen molar-refractivity contribution in [3.63, 3.8) is 0 Å². The van der Waals surface area contributed by atoms with Crippen LogP contribution >= 0.6 is 11.6 Å². The van der Waals surface area contributed by atoms with Gasteiger partial charge in [-0.25, -0.2) is 8.78 Å². The number of hydrogen-bond acceptors (Lipinski definition) is 1. The van der Waals surface area contributed by atoms with Gasteiger partial charge in [-0.1, -0.05) is 17.7 Å². The number of halogens is 5. The Morgan fingerprint density at radius 3 is 2.42 bits per heavy atom. The van der Waals surface area contributed by atoms with E-state index in [4.69, 9.17) is 11.6 Å². The molecule has 6 heteroatoms. The van der Waals surface area contributed by atoms with Crippen LogP contribution in [0.15, 0.2) is 11.6 Å². The minimum absolute atomic E-state index is 0.0474. The average Bonchev–Trinajstić information content (AvgIpc) is 1.98. The van der Waals surface area contributed by atoms with Gasteiger partial charge in [0.25, 0.3) is 0 Å². The summed E-state index contributed by atoms with van der Waals surface area (Å²) in [5.74, 6) is -3.97. The van der Waals surface area contributed by atoms with Crippen molar-refractivity contribution >= 4 is 11.6 Å². The number of nitrogens with one attached hydrogen (secondary N) is 1. The van der Waals surface area contributed by atoms with Gasteiger partial charge in [-0.05, 0) is 0 Å². The van der Waals surface area contributed by atoms with E-state index < -0.39 is 18.9 Å². The van der Waals surface area contributed by atoms with Crippen molar-refractivity contribution in [2.75, 3.05) is 13.1 Å². The minimum atomic E-state index is -3.97. The van der Waals surface area contributed by atoms with Gasteiger partial charge in [-0.2, -0.15) is 8.78 Å². The molecule has 0 fully saturated rings. The molecule has 0 aliphatic carbocycles. The second-order valence-electron chi connectivity index (χ2n) is 2.05. The Hall–Kier alpha value is -0.290. The van der Waals surface area contributed by atoms with E-state index in [2.05, 4.69) is 5.32 Å². The first-order chi connectivity index (χ1) is 5.50. The van der Waals surface area contributed by atoms with Crippen LogP contribution in [0.1, 0.15) is 0 Å². The lowest BCUT2D eigenvalue weighted by Gasteiger charge is -2.14. The largest absolute Gasteiger partial charge is 0.319 e. The summed E-state index contributed by atoms with van der Waals surface area (Å²) >= 11 is 5.06. The first kappa shape index (κ1) is 11.7. The van der Waals surface area contributed by atoms with Crippen molar-refractivity contribution < 1.29 is 17.6 Å². The van der Waals surface area contributed by atoms with E-state index in [0.717, 1.165) is 5.54 Å². The summed E-state index contributed by atoms with van der Waals surface area (Å²) in [5, 5.41) is 2.11. The monoisotopic (exact) mass is 205 g/mol. The van der Waals surface area contributed by atoms with Crippen LogP contribution in [-0.2, 0) is 0 Å². The maximum atomic E-state index is 12.1. The van der Waals surface area contributed by atoms with Gasteiger partial charge in [0.15, 0.2) is 0 Å². The molecular formula is C6H8ClF4N. The van der Waals surface area contributed by atoms with E-state index in [1.54, 1.807) is 0 Å². The van der Waals surface area contributed by atoms with Crippen LogP contribution in [0.2, 0.25) is 0 Å². The highest BCUT2D eigenvalue weighted by atomic mass is 35.5. The first-order valence-corrected chi connectivity index (χ1v) is 3.56. The molecule has 0 bridgehead atoms. The molecular weight excluding hydrogens is 198 g/mol. The highest BCUT2D eigenvalue weighted by molar-refractivity contribution is 6.25. The van der Waals surface area contributed by atoms with Gasteiger partial charge in [-0.3, -0.25) is 0 Å². The SMILES string of the molecule is FC(F)C(F)(F)CNC/C=C/Cl. The van der Waals surface area contributed by atoms with Gasteiger partial charge in [0.2, 0.25) is 0 Å². The first-order valence-electron chi connectivity index (χ1n) is 3.12. The topological polar surface area (TPSA) is 12.0 Å². The van der Waals surface area contributed by atoms with Gasteiger partial charge < -0.3 is 5.32 Å². The molecule has 0 radical (unpaired) electrons. The lowest BCUT2D eigenvalue weighted by molar-refractivity contribution is -0.124. The van der Waals surface area contributed by atoms with Crippen LogP contribution in [0.5, 0.6) is 0 Å². The lowest BCUT2D eigenvalue weighted by atomic mass is 10.3. The zero-order valence-corrected chi connectivity index (χ0v) is 6.79. The second-order valence-corrected chi connectivity index (χ2v) is 2.31. The highest BCUT2D eigenvalue weighted by Crippen LogP contribution is 2.21. The molecule has 1 N–H and O–H groups in total. The molecule has 0 aliphatic rings. The Kier molecular flexibility index (Phi) is 5.24. The van der Waals surface area contributed by atoms with E-state index in [1.165, 1.54) is 6.08 Å². The Bertz CT molecular complexity index is 148. The molecule has 0 unspecified atom stereocenters. The van der Waals surface area contributed by atoms with Crippen LogP contribution in [0, 0.1) is 0 Å². The molecule has 0 aliphatic heterocycles. The summed E-state index contributed by atoms with van der Waals surface area (Å²) in [4.78, 5) is 0. The van der Waals surface area contributed by atoms with Crippen molar-refractivity contribution in [3.05, 3.63) is 11.6 Å². The minimum Gasteiger partial charge on any atom is -0.307 e. The third kappa shape index (κ3) is 4.56. The molecule has 12 heavy (non-hydrogen) atoms. The molecule has 0 aromatic heterocycles. The molecule has 72 valence electrons. The molecule has 0 spiro atoms. The molecule has 0 saturated heterocycles. The van der Waals surface area contributed by atoms with Crippen LogP contribution < -0.4 is 5.32 Å². The van der Waals surface area contributed by atoms with Crippen molar-refractivity contribution in [1.82, 2.24) is 5.32 Å². The normalized spacial score (nSPS) is 13.2. The van der Waals surface area contributed by atoms with E-state index in [-0.39, 0.29) is 6.54 Å². The summed E-state index contributed by atoms with van der Waals surface area (Å²) in [6.07, 6.45) is -2.30. The Labute approximate surface area is 72.4 Å². The van der Waals surface area contributed by atoms with Crippen LogP contribution in [-0.4, -0.2) is 25.4 Å². The standard InChI is InChI=1S/C6H8ClF4N/c7-2-1-3-12-4-6(10,11)5(8)9/h1-2,5,12H,3-4H2/b2-1+. The van der Waals surface area contributed by atoms with E-state index in [0.29, 0.717) is 0 Å². The highest BCUT2D eigenvalue weighted by Gasteiger charge is 2.39. The fourth-order valence-electron chi connectivity index (χ4n) is 0.444. The third-order valence-corrected chi connectivity index (χ3v) is 1.21. The van der Waals surface area contributed by atoms with E-state index in [9.17, 15) is 17.6 Å². The zero-order valence-electron chi connectivity index (χ0n) is 6.04. The van der Waals surface area contributed by atoms with Crippen LogP contribution in [0.3, 0.4) is 0 Å². The summed E-state index contributed by atoms with van der Waals surface area (Å²) in [6.45, 7) is -1.00. The fraction of sp³-hybridized carbons (Fsp3) is 0.667. The maximum Gasteiger partial charge on any atom is 0.319 e. The second kappa shape index (κ2) is 5.37. The Balaban J connectivity index is 3.61. The van der Waals surface area contributed by atoms with Crippen molar-refractivity contribution in [1.29, 1.82) is 0 Å². The number of rotatable bonds is 5.